The molecule has 104 heavy (non-hydrogen) atoms. The number of unbranched alkanes of at least 4 members (excludes halogenated alkanes) is 38. The Morgan fingerprint density at radius 1 is 0.308 bits per heavy atom. The fourth-order valence-corrected chi connectivity index (χ4v) is 23.3. The van der Waals surface area contributed by atoms with Gasteiger partial charge in [0.2, 0.25) is 0 Å². The van der Waals surface area contributed by atoms with Crippen LogP contribution in [0.15, 0.2) is 36.4 Å². The first-order valence-electron chi connectivity index (χ1n) is 43.5. The summed E-state index contributed by atoms with van der Waals surface area (Å²) in [5, 5.41) is 0. The van der Waals surface area contributed by atoms with E-state index in [1.807, 2.05) is 57.5 Å². The van der Waals surface area contributed by atoms with Crippen molar-refractivity contribution in [3.63, 3.8) is 0 Å². The highest BCUT2D eigenvalue weighted by Gasteiger charge is 2.46. The molecule has 0 N–H and O–H groups in total. The van der Waals surface area contributed by atoms with E-state index in [0.29, 0.717) is 29.9 Å². The van der Waals surface area contributed by atoms with Crippen LogP contribution in [0.4, 0.5) is 0 Å². The lowest BCUT2D eigenvalue weighted by molar-refractivity contribution is 0.0396. The number of thiophene rings is 6. The maximum absolute atomic E-state index is 12.8. The topological polar surface area (TPSA) is 71.1 Å². The van der Waals surface area contributed by atoms with Crippen molar-refractivity contribution in [3.05, 3.63) is 57.3 Å². The molecule has 0 amide bonds. The molecule has 6 aromatic rings. The summed E-state index contributed by atoms with van der Waals surface area (Å²) in [4.78, 5) is 39.1. The highest BCUT2D eigenvalue weighted by molar-refractivity contribution is 7.31. The van der Waals surface area contributed by atoms with Crippen LogP contribution in [0.25, 0.3) is 48.8 Å². The lowest BCUT2D eigenvalue weighted by atomic mass is 9.81. The molecule has 2 atom stereocenters. The van der Waals surface area contributed by atoms with Crippen molar-refractivity contribution in [1.82, 2.24) is 0 Å². The molecule has 2 unspecified atom stereocenters. The predicted molar refractivity (Wildman–Crippen MR) is 460 cm³/mol. The molecule has 12 heteroatoms. The average molecular weight is 1540 g/mol. The van der Waals surface area contributed by atoms with Crippen molar-refractivity contribution in [2.24, 2.45) is 11.8 Å². The number of ether oxygens (including phenoxy) is 4. The zero-order chi connectivity index (χ0) is 73.5. The fourth-order valence-electron chi connectivity index (χ4n) is 16.3. The summed E-state index contributed by atoms with van der Waals surface area (Å²) in [6.45, 7) is 19.7. The monoisotopic (exact) mass is 1530 g/mol. The first-order chi connectivity index (χ1) is 51.1. The Hall–Kier alpha value is -3.26. The van der Waals surface area contributed by atoms with Crippen molar-refractivity contribution in [2.75, 3.05) is 13.2 Å². The van der Waals surface area contributed by atoms with Gasteiger partial charge in [0.05, 0.1) is 57.1 Å². The van der Waals surface area contributed by atoms with Crippen LogP contribution in [0, 0.1) is 11.8 Å². The third-order valence-corrected chi connectivity index (χ3v) is 30.5. The molecule has 0 aliphatic carbocycles. The molecule has 2 aliphatic rings. The zero-order valence-electron chi connectivity index (χ0n) is 66.9. The van der Waals surface area contributed by atoms with Gasteiger partial charge in [0, 0.05) is 50.0 Å². The summed E-state index contributed by atoms with van der Waals surface area (Å²) in [6.07, 6.45) is 67.4. The van der Waals surface area contributed by atoms with Crippen molar-refractivity contribution in [2.45, 2.75) is 400 Å². The molecular weight excluding hydrogens is 1390 g/mol. The summed E-state index contributed by atoms with van der Waals surface area (Å²) in [5.74, 6) is 4.68. The molecule has 6 aromatic heterocycles. The molecule has 0 fully saturated rings. The Morgan fingerprint density at radius 3 is 0.904 bits per heavy atom. The highest BCUT2D eigenvalue weighted by Crippen LogP contribution is 2.63. The second-order valence-electron chi connectivity index (χ2n) is 31.6. The number of hydrogen-bond donors (Lipinski definition) is 0. The molecule has 0 aromatic carbocycles. The average Bonchev–Trinajstić information content (AvgIpc) is 1.54. The number of carbonyl (C=O) groups excluding carboxylic acids is 2. The van der Waals surface area contributed by atoms with Crippen LogP contribution in [0.3, 0.4) is 0 Å². The lowest BCUT2D eigenvalue weighted by Crippen LogP contribution is -2.35. The van der Waals surface area contributed by atoms with Crippen LogP contribution in [0.5, 0.6) is 23.0 Å². The van der Waals surface area contributed by atoms with E-state index < -0.39 is 11.2 Å². The van der Waals surface area contributed by atoms with Gasteiger partial charge in [-0.25, -0.2) is 0 Å². The van der Waals surface area contributed by atoms with Gasteiger partial charge in [-0.15, -0.1) is 68.0 Å². The second kappa shape index (κ2) is 49.1. The molecule has 0 radical (unpaired) electrons. The molecule has 0 saturated carbocycles. The van der Waals surface area contributed by atoms with E-state index >= 15 is 0 Å². The van der Waals surface area contributed by atoms with Gasteiger partial charge in [-0.2, -0.15) is 0 Å². The minimum Gasteiger partial charge on any atom is -0.492 e. The van der Waals surface area contributed by atoms with Crippen LogP contribution < -0.4 is 18.9 Å². The van der Waals surface area contributed by atoms with Crippen LogP contribution in [-0.4, -0.2) is 25.8 Å². The van der Waals surface area contributed by atoms with E-state index in [0.717, 1.165) is 132 Å². The minimum atomic E-state index is -0.472. The van der Waals surface area contributed by atoms with E-state index in [4.69, 9.17) is 18.9 Å². The molecule has 582 valence electrons. The van der Waals surface area contributed by atoms with Crippen LogP contribution in [0.1, 0.15) is 420 Å². The third kappa shape index (κ3) is 26.5. The second-order valence-corrected chi connectivity index (χ2v) is 38.0. The maximum Gasteiger partial charge on any atom is 0.160 e. The van der Waals surface area contributed by atoms with E-state index in [1.54, 1.807) is 22.7 Å². The molecule has 2 aliphatic heterocycles. The zero-order valence-corrected chi connectivity index (χ0v) is 71.8. The Labute approximate surface area is 658 Å². The minimum absolute atomic E-state index is 0.470. The van der Waals surface area contributed by atoms with Crippen LogP contribution in [0.2, 0.25) is 0 Å². The van der Waals surface area contributed by atoms with Gasteiger partial charge in [-0.1, -0.05) is 325 Å². The molecule has 8 rings (SSSR count). The number of aldehydes is 2. The summed E-state index contributed by atoms with van der Waals surface area (Å²) in [6, 6.07) is 13.9. The van der Waals surface area contributed by atoms with Gasteiger partial charge in [0.15, 0.2) is 12.6 Å². The van der Waals surface area contributed by atoms with E-state index in [2.05, 4.69) is 79.7 Å². The van der Waals surface area contributed by atoms with E-state index in [-0.39, 0.29) is 0 Å². The molecule has 0 saturated heterocycles. The molecular formula is C92H142O6S6. The van der Waals surface area contributed by atoms with E-state index in [9.17, 15) is 9.59 Å². The Bertz CT molecular complexity index is 3240. The third-order valence-electron chi connectivity index (χ3n) is 23.0. The van der Waals surface area contributed by atoms with Gasteiger partial charge in [-0.05, 0) is 88.2 Å². The van der Waals surface area contributed by atoms with Crippen LogP contribution >= 0.6 is 68.0 Å². The summed E-state index contributed by atoms with van der Waals surface area (Å²) in [7, 11) is 0. The van der Waals surface area contributed by atoms with Crippen molar-refractivity contribution < 1.29 is 28.5 Å². The number of carbonyl (C=O) groups is 2. The number of hydrogen-bond acceptors (Lipinski definition) is 12. The summed E-state index contributed by atoms with van der Waals surface area (Å²) >= 11 is 10.8. The number of fused-ring (bicyclic) bond motifs is 6. The summed E-state index contributed by atoms with van der Waals surface area (Å²) < 4.78 is 29.6. The first kappa shape index (κ1) is 86.3. The SMILES string of the molecule is CCCCCCCCCCCCC1(CCCCCCCCCCCC)Oc2cc(-c3sc(C=O)cc3OCC(CC)CCCC)sc2-c2sc(-c3cc4c(s3)-c3sc(-c5sc(C=O)cc5OCC(CC)CCCC)cc3C(CCCCCCCCCCCC)(CCCCCCCCCCCC)O4)cc21. The Balaban J connectivity index is 1.21. The first-order valence-corrected chi connectivity index (χ1v) is 48.4. The maximum atomic E-state index is 12.8. The lowest BCUT2D eigenvalue weighted by Gasteiger charge is -2.38. The Morgan fingerprint density at radius 2 is 0.577 bits per heavy atom. The van der Waals surface area contributed by atoms with Gasteiger partial charge in [0.25, 0.3) is 0 Å². The Kier molecular flexibility index (Phi) is 40.8. The molecule has 6 nitrogen and oxygen atoms in total. The van der Waals surface area contributed by atoms with Crippen molar-refractivity contribution >= 4 is 80.6 Å². The molecule has 0 spiro atoms. The van der Waals surface area contributed by atoms with E-state index in [1.165, 1.54) is 302 Å². The van der Waals surface area contributed by atoms with Crippen molar-refractivity contribution in [1.29, 1.82) is 0 Å². The number of rotatable bonds is 63. The normalized spacial score (nSPS) is 14.0. The molecule has 0 bridgehead atoms. The van der Waals surface area contributed by atoms with Gasteiger partial charge in [-0.3, -0.25) is 9.59 Å². The highest BCUT2D eigenvalue weighted by atomic mass is 32.1. The summed E-state index contributed by atoms with van der Waals surface area (Å²) in [5.41, 5.74) is 1.79. The van der Waals surface area contributed by atoms with Gasteiger partial charge < -0.3 is 18.9 Å². The fraction of sp³-hybridized carbons (Fsp3) is 0.717. The van der Waals surface area contributed by atoms with Gasteiger partial charge >= 0.3 is 0 Å². The van der Waals surface area contributed by atoms with Gasteiger partial charge in [0.1, 0.15) is 34.2 Å². The van der Waals surface area contributed by atoms with Crippen LogP contribution in [-0.2, 0) is 11.2 Å². The quantitative estimate of drug-likeness (QED) is 0.0280. The largest absolute Gasteiger partial charge is 0.492 e. The predicted octanol–water partition coefficient (Wildman–Crippen LogP) is 33.6. The van der Waals surface area contributed by atoms with Crippen molar-refractivity contribution in [3.8, 4) is 71.8 Å². The standard InChI is InChI=1S/C92H142O6S6/c1-9-17-23-27-31-35-39-43-47-51-57-91(58-52-48-44-40-36-32-28-24-18-10-2)75-63-81(101-85(75)90-80(98-91)66-84(104-90)88-78(62-74(68-94)100-88)96-70-72(16-8)56-22-14-6)82-65-79-89(102-82)86-76(64-83(103-86)87-77(61-73(67-93)99-87)95-69-71(15-7)55-21-13-5)92(97-79,59-53-49-45-41-37-33-29-25-19-11-3)60-54-50-46-42-38-34-30-26-20-12-4/h61-68,71-72H,9-60,69-70H2,1-8H3. The molecule has 8 heterocycles. The smallest absolute Gasteiger partial charge is 0.160 e.